The van der Waals surface area contributed by atoms with Crippen LogP contribution in [-0.2, 0) is 6.42 Å². The topological polar surface area (TPSA) is 50.8 Å². The molecule has 0 fully saturated rings. The minimum Gasteiger partial charge on any atom is -0.497 e. The van der Waals surface area contributed by atoms with Gasteiger partial charge in [-0.15, -0.1) is 0 Å². The predicted octanol–water partition coefficient (Wildman–Crippen LogP) is 3.30. The summed E-state index contributed by atoms with van der Waals surface area (Å²) in [5, 5.41) is 3.02. The maximum Gasteiger partial charge on any atom is 0.251 e. The Bertz CT molecular complexity index is 704. The average Bonchev–Trinajstić information content (AvgIpc) is 2.67. The summed E-state index contributed by atoms with van der Waals surface area (Å²) in [7, 11) is 7.16. The van der Waals surface area contributed by atoms with Crippen molar-refractivity contribution in [1.82, 2.24) is 10.2 Å². The van der Waals surface area contributed by atoms with Gasteiger partial charge in [-0.1, -0.05) is 31.2 Å². The van der Waals surface area contributed by atoms with Crippen LogP contribution in [0.4, 0.5) is 0 Å². The Hall–Kier alpha value is -2.53. The fourth-order valence-corrected chi connectivity index (χ4v) is 2.80. The van der Waals surface area contributed by atoms with Crippen LogP contribution in [0.3, 0.4) is 0 Å². The molecule has 0 bridgehead atoms. The number of amides is 1. The summed E-state index contributed by atoms with van der Waals surface area (Å²) >= 11 is 0. The number of hydrogen-bond acceptors (Lipinski definition) is 4. The van der Waals surface area contributed by atoms with Crippen LogP contribution in [0.25, 0.3) is 0 Å². The fraction of sp³-hybridized carbons (Fsp3) is 0.381. The molecule has 1 atom stereocenters. The predicted molar refractivity (Wildman–Crippen MR) is 104 cm³/mol. The zero-order valence-electron chi connectivity index (χ0n) is 16.2. The Morgan fingerprint density at radius 2 is 1.62 bits per heavy atom. The first-order valence-electron chi connectivity index (χ1n) is 8.75. The molecular formula is C21H28N2O3. The number of likely N-dealkylation sites (N-methyl/N-ethyl adjacent to an activating group) is 1. The molecule has 0 aliphatic heterocycles. The molecule has 1 unspecified atom stereocenters. The van der Waals surface area contributed by atoms with E-state index in [9.17, 15) is 4.79 Å². The molecule has 0 heterocycles. The largest absolute Gasteiger partial charge is 0.497 e. The molecule has 0 saturated carbocycles. The fourth-order valence-electron chi connectivity index (χ4n) is 2.80. The van der Waals surface area contributed by atoms with Gasteiger partial charge in [0.05, 0.1) is 20.3 Å². The third-order valence-corrected chi connectivity index (χ3v) is 4.47. The van der Waals surface area contributed by atoms with Gasteiger partial charge in [0.15, 0.2) is 0 Å². The molecule has 5 heteroatoms. The highest BCUT2D eigenvalue weighted by atomic mass is 16.5. The van der Waals surface area contributed by atoms with Gasteiger partial charge in [0, 0.05) is 18.2 Å². The molecule has 0 spiro atoms. The smallest absolute Gasteiger partial charge is 0.251 e. The molecule has 5 nitrogen and oxygen atoms in total. The van der Waals surface area contributed by atoms with Gasteiger partial charge >= 0.3 is 0 Å². The van der Waals surface area contributed by atoms with Gasteiger partial charge < -0.3 is 19.7 Å². The summed E-state index contributed by atoms with van der Waals surface area (Å²) in [6, 6.07) is 13.8. The summed E-state index contributed by atoms with van der Waals surface area (Å²) in [6.07, 6.45) is 1.02. The summed E-state index contributed by atoms with van der Waals surface area (Å²) in [5.74, 6) is 1.03. The summed E-state index contributed by atoms with van der Waals surface area (Å²) < 4.78 is 10.5. The van der Waals surface area contributed by atoms with Gasteiger partial charge in [-0.2, -0.15) is 0 Å². The second-order valence-electron chi connectivity index (χ2n) is 6.39. The van der Waals surface area contributed by atoms with Crippen LogP contribution in [-0.4, -0.2) is 45.7 Å². The number of carbonyl (C=O) groups is 1. The molecule has 140 valence electrons. The van der Waals surface area contributed by atoms with Gasteiger partial charge in [0.2, 0.25) is 0 Å². The first-order chi connectivity index (χ1) is 12.5. The molecular weight excluding hydrogens is 328 g/mol. The average molecular weight is 356 g/mol. The van der Waals surface area contributed by atoms with Crippen molar-refractivity contribution < 1.29 is 14.3 Å². The number of nitrogens with zero attached hydrogens (tertiary/aromatic N) is 1. The van der Waals surface area contributed by atoms with Crippen molar-refractivity contribution in [2.45, 2.75) is 19.4 Å². The van der Waals surface area contributed by atoms with Crippen molar-refractivity contribution >= 4 is 5.91 Å². The van der Waals surface area contributed by atoms with Crippen LogP contribution in [0.15, 0.2) is 42.5 Å². The number of methoxy groups -OCH3 is 2. The van der Waals surface area contributed by atoms with E-state index in [0.29, 0.717) is 23.6 Å². The van der Waals surface area contributed by atoms with Crippen LogP contribution in [0.1, 0.15) is 34.5 Å². The molecule has 2 aromatic rings. The van der Waals surface area contributed by atoms with Gasteiger partial charge in [-0.3, -0.25) is 4.79 Å². The monoisotopic (exact) mass is 356 g/mol. The Balaban J connectivity index is 2.12. The molecule has 1 amide bonds. The van der Waals surface area contributed by atoms with Crippen LogP contribution in [0.2, 0.25) is 0 Å². The van der Waals surface area contributed by atoms with Crippen molar-refractivity contribution in [2.75, 3.05) is 34.9 Å². The maximum absolute atomic E-state index is 12.6. The number of rotatable bonds is 8. The zero-order valence-corrected chi connectivity index (χ0v) is 16.2. The third kappa shape index (κ3) is 4.99. The Morgan fingerprint density at radius 3 is 2.08 bits per heavy atom. The van der Waals surface area contributed by atoms with E-state index in [1.807, 2.05) is 14.1 Å². The Kier molecular flexibility index (Phi) is 7.04. The van der Waals surface area contributed by atoms with Crippen molar-refractivity contribution in [3.05, 3.63) is 59.2 Å². The van der Waals surface area contributed by atoms with Crippen molar-refractivity contribution in [3.63, 3.8) is 0 Å². The number of ether oxygens (including phenoxy) is 2. The van der Waals surface area contributed by atoms with E-state index in [-0.39, 0.29) is 11.9 Å². The van der Waals surface area contributed by atoms with Gasteiger partial charge in [0.25, 0.3) is 5.91 Å². The molecule has 2 rings (SSSR count). The van der Waals surface area contributed by atoms with E-state index in [2.05, 4.69) is 41.4 Å². The highest BCUT2D eigenvalue weighted by Gasteiger charge is 2.17. The number of carbonyl (C=O) groups excluding carboxylic acids is 1. The lowest BCUT2D eigenvalue weighted by Gasteiger charge is -2.25. The van der Waals surface area contributed by atoms with E-state index >= 15 is 0 Å². The molecule has 26 heavy (non-hydrogen) atoms. The van der Waals surface area contributed by atoms with E-state index in [0.717, 1.165) is 6.42 Å². The zero-order chi connectivity index (χ0) is 19.1. The number of benzene rings is 2. The summed E-state index contributed by atoms with van der Waals surface area (Å²) in [6.45, 7) is 2.65. The number of aryl methyl sites for hydroxylation is 1. The highest BCUT2D eigenvalue weighted by Crippen LogP contribution is 2.23. The van der Waals surface area contributed by atoms with E-state index in [1.54, 1.807) is 32.4 Å². The Labute approximate surface area is 155 Å². The second-order valence-corrected chi connectivity index (χ2v) is 6.39. The minimum absolute atomic E-state index is 0.0948. The van der Waals surface area contributed by atoms with Gasteiger partial charge in [0.1, 0.15) is 11.5 Å². The van der Waals surface area contributed by atoms with Crippen molar-refractivity contribution in [1.29, 1.82) is 0 Å². The van der Waals surface area contributed by atoms with Crippen molar-refractivity contribution in [2.24, 2.45) is 0 Å². The molecule has 2 aromatic carbocycles. The van der Waals surface area contributed by atoms with E-state index in [4.69, 9.17) is 9.47 Å². The molecule has 0 aromatic heterocycles. The molecule has 0 saturated heterocycles. The number of nitrogens with one attached hydrogen (secondary N) is 1. The minimum atomic E-state index is -0.153. The Morgan fingerprint density at radius 1 is 1.04 bits per heavy atom. The first-order valence-corrected chi connectivity index (χ1v) is 8.75. The molecule has 0 aliphatic rings. The highest BCUT2D eigenvalue weighted by molar-refractivity contribution is 5.95. The first kappa shape index (κ1) is 19.8. The SMILES string of the molecule is CCc1ccc(C(CNC(=O)c2cc(OC)cc(OC)c2)N(C)C)cc1. The number of hydrogen-bond donors (Lipinski definition) is 1. The summed E-state index contributed by atoms with van der Waals surface area (Å²) in [5.41, 5.74) is 2.99. The maximum atomic E-state index is 12.6. The lowest BCUT2D eigenvalue weighted by Crippen LogP contribution is -2.34. The van der Waals surface area contributed by atoms with Gasteiger partial charge in [-0.25, -0.2) is 0 Å². The lowest BCUT2D eigenvalue weighted by atomic mass is 10.0. The summed E-state index contributed by atoms with van der Waals surface area (Å²) in [4.78, 5) is 14.7. The molecule has 0 radical (unpaired) electrons. The van der Waals surface area contributed by atoms with Crippen LogP contribution in [0, 0.1) is 0 Å². The van der Waals surface area contributed by atoms with Gasteiger partial charge in [-0.05, 0) is 43.8 Å². The standard InChI is InChI=1S/C21H28N2O3/c1-6-15-7-9-16(10-8-15)20(23(2)3)14-22-21(24)17-11-18(25-4)13-19(12-17)26-5/h7-13,20H,6,14H2,1-5H3,(H,22,24). The van der Waals surface area contributed by atoms with E-state index in [1.165, 1.54) is 11.1 Å². The second kappa shape index (κ2) is 9.25. The van der Waals surface area contributed by atoms with Crippen LogP contribution >= 0.6 is 0 Å². The van der Waals surface area contributed by atoms with Crippen molar-refractivity contribution in [3.8, 4) is 11.5 Å². The third-order valence-electron chi connectivity index (χ3n) is 4.47. The molecule has 1 N–H and O–H groups in total. The van der Waals surface area contributed by atoms with Crippen LogP contribution in [0.5, 0.6) is 11.5 Å². The quantitative estimate of drug-likeness (QED) is 0.788. The normalized spacial score (nSPS) is 11.9. The van der Waals surface area contributed by atoms with Crippen LogP contribution < -0.4 is 14.8 Å². The van der Waals surface area contributed by atoms with E-state index < -0.39 is 0 Å². The molecule has 0 aliphatic carbocycles. The lowest BCUT2D eigenvalue weighted by molar-refractivity contribution is 0.0941.